The molecule has 0 fully saturated rings. The highest BCUT2D eigenvalue weighted by atomic mass is 35.5. The molecule has 0 spiro atoms. The zero-order valence-electron chi connectivity index (χ0n) is 18.5. The number of carbonyl (C=O) groups excluding carboxylic acids is 2. The maximum atomic E-state index is 13.5. The Labute approximate surface area is 183 Å². The number of rotatable bonds is 9. The molecule has 172 valence electrons. The number of halogens is 3. The fourth-order valence-electron chi connectivity index (χ4n) is 2.53. The number of hydrogen-bond donors (Lipinski definition) is 3. The molecule has 0 radical (unpaired) electrons. The molecule has 0 aliphatic heterocycles. The normalized spacial score (nSPS) is 13.2. The van der Waals surface area contributed by atoms with Gasteiger partial charge in [-0.05, 0) is 57.7 Å². The number of hydrogen-bond acceptors (Lipinski definition) is 4. The summed E-state index contributed by atoms with van der Waals surface area (Å²) in [5.74, 6) is -1.21. The smallest absolute Gasteiger partial charge is 0.407 e. The lowest BCUT2D eigenvalue weighted by molar-refractivity contribution is -0.122. The third-order valence-electron chi connectivity index (χ3n) is 3.87. The largest absolute Gasteiger partial charge is 0.444 e. The second kappa shape index (κ2) is 12.7. The first-order valence-corrected chi connectivity index (χ1v) is 9.81. The summed E-state index contributed by atoms with van der Waals surface area (Å²) in [6.07, 6.45) is -0.473. The maximum absolute atomic E-state index is 13.5. The fraction of sp³-hybridized carbons (Fsp3) is 0.619. The summed E-state index contributed by atoms with van der Waals surface area (Å²) in [6, 6.07) is 2.18. The number of carbonyl (C=O) groups is 2. The minimum Gasteiger partial charge on any atom is -0.444 e. The molecule has 1 aromatic rings. The molecule has 1 aromatic carbocycles. The molecule has 0 saturated heterocycles. The third-order valence-corrected chi connectivity index (χ3v) is 3.87. The van der Waals surface area contributed by atoms with E-state index in [4.69, 9.17) is 4.74 Å². The molecule has 2 atom stereocenters. The predicted molar refractivity (Wildman–Crippen MR) is 116 cm³/mol. The summed E-state index contributed by atoms with van der Waals surface area (Å²) in [7, 11) is 0. The molecule has 6 nitrogen and oxygen atoms in total. The zero-order chi connectivity index (χ0) is 22.2. The lowest BCUT2D eigenvalue weighted by Crippen LogP contribution is -2.50. The van der Waals surface area contributed by atoms with Gasteiger partial charge in [0.15, 0.2) is 0 Å². The van der Waals surface area contributed by atoms with Crippen LogP contribution in [0.1, 0.15) is 47.1 Å². The van der Waals surface area contributed by atoms with Gasteiger partial charge in [0.25, 0.3) is 0 Å². The molecule has 3 N–H and O–H groups in total. The van der Waals surface area contributed by atoms with Crippen molar-refractivity contribution in [2.75, 3.05) is 13.1 Å². The van der Waals surface area contributed by atoms with Crippen molar-refractivity contribution < 1.29 is 23.1 Å². The highest BCUT2D eigenvalue weighted by Crippen LogP contribution is 2.11. The zero-order valence-corrected chi connectivity index (χ0v) is 19.3. The minimum atomic E-state index is -0.689. The van der Waals surface area contributed by atoms with E-state index >= 15 is 0 Å². The molecule has 0 heterocycles. The van der Waals surface area contributed by atoms with Crippen LogP contribution in [0.15, 0.2) is 18.2 Å². The highest BCUT2D eigenvalue weighted by Gasteiger charge is 2.22. The first kappa shape index (κ1) is 28.1. The fourth-order valence-corrected chi connectivity index (χ4v) is 2.53. The van der Waals surface area contributed by atoms with Crippen LogP contribution in [-0.2, 0) is 16.0 Å². The monoisotopic (exact) mass is 449 g/mol. The summed E-state index contributed by atoms with van der Waals surface area (Å²) in [5.41, 5.74) is -0.292. The van der Waals surface area contributed by atoms with Crippen LogP contribution in [0.3, 0.4) is 0 Å². The van der Waals surface area contributed by atoms with Gasteiger partial charge in [0.2, 0.25) is 5.91 Å². The topological polar surface area (TPSA) is 79.5 Å². The molecule has 0 bridgehead atoms. The van der Waals surface area contributed by atoms with Crippen molar-refractivity contribution in [1.82, 2.24) is 16.0 Å². The Balaban J connectivity index is 0.00000841. The summed E-state index contributed by atoms with van der Waals surface area (Å²) in [6.45, 7) is 11.7. The Morgan fingerprint density at radius 1 is 1.03 bits per heavy atom. The van der Waals surface area contributed by atoms with E-state index in [-0.39, 0.29) is 31.3 Å². The van der Waals surface area contributed by atoms with Crippen molar-refractivity contribution in [2.24, 2.45) is 5.92 Å². The maximum Gasteiger partial charge on any atom is 0.407 e. The Hall–Kier alpha value is -1.93. The molecule has 1 rings (SSSR count). The average molecular weight is 450 g/mol. The molecule has 0 saturated carbocycles. The van der Waals surface area contributed by atoms with E-state index in [1.807, 2.05) is 13.8 Å². The average Bonchev–Trinajstić information content (AvgIpc) is 2.54. The van der Waals surface area contributed by atoms with Crippen LogP contribution in [0.4, 0.5) is 13.6 Å². The SMILES string of the molecule is CC(C)CNC(=O)[C@H](C)NC[C@H](Cc1cc(F)cc(F)c1)NC(=O)OC(C)(C)C.Cl. The highest BCUT2D eigenvalue weighted by molar-refractivity contribution is 5.85. The predicted octanol–water partition coefficient (Wildman–Crippen LogP) is 3.57. The van der Waals surface area contributed by atoms with E-state index in [1.54, 1.807) is 27.7 Å². The van der Waals surface area contributed by atoms with Crippen LogP contribution in [0.2, 0.25) is 0 Å². The minimum absolute atomic E-state index is 0. The van der Waals surface area contributed by atoms with Gasteiger partial charge in [0.1, 0.15) is 17.2 Å². The lowest BCUT2D eigenvalue weighted by Gasteiger charge is -2.25. The second-order valence-electron chi connectivity index (χ2n) is 8.59. The van der Waals surface area contributed by atoms with Gasteiger partial charge in [-0.3, -0.25) is 4.79 Å². The van der Waals surface area contributed by atoms with Crippen LogP contribution in [0.25, 0.3) is 0 Å². The van der Waals surface area contributed by atoms with E-state index in [9.17, 15) is 18.4 Å². The van der Waals surface area contributed by atoms with Crippen molar-refractivity contribution >= 4 is 24.4 Å². The second-order valence-corrected chi connectivity index (χ2v) is 8.59. The van der Waals surface area contributed by atoms with Gasteiger partial charge in [-0.25, -0.2) is 13.6 Å². The molecule has 2 amide bonds. The van der Waals surface area contributed by atoms with E-state index in [1.165, 1.54) is 12.1 Å². The third kappa shape index (κ3) is 11.9. The quantitative estimate of drug-likeness (QED) is 0.538. The van der Waals surface area contributed by atoms with Crippen molar-refractivity contribution in [3.05, 3.63) is 35.4 Å². The molecule has 9 heteroatoms. The van der Waals surface area contributed by atoms with Crippen LogP contribution in [0.5, 0.6) is 0 Å². The summed E-state index contributed by atoms with van der Waals surface area (Å²) >= 11 is 0. The number of amides is 2. The van der Waals surface area contributed by atoms with Gasteiger partial charge in [-0.15, -0.1) is 12.4 Å². The van der Waals surface area contributed by atoms with Crippen molar-refractivity contribution in [3.63, 3.8) is 0 Å². The Bertz CT molecular complexity index is 676. The van der Waals surface area contributed by atoms with Crippen molar-refractivity contribution in [2.45, 2.75) is 65.6 Å². The standard InChI is InChI=1S/C21H33F2N3O3.ClH/c1-13(2)11-25-19(27)14(3)24-12-18(26-20(28)29-21(4,5)6)9-15-7-16(22)10-17(23)8-15;/h7-8,10,13-14,18,24H,9,11-12H2,1-6H3,(H,25,27)(H,26,28);1H/t14-,18-;/m0./s1. The van der Waals surface area contributed by atoms with Crippen LogP contribution < -0.4 is 16.0 Å². The van der Waals surface area contributed by atoms with E-state index < -0.39 is 35.4 Å². The summed E-state index contributed by atoms with van der Waals surface area (Å²) < 4.78 is 32.3. The van der Waals surface area contributed by atoms with Crippen LogP contribution in [0, 0.1) is 17.6 Å². The van der Waals surface area contributed by atoms with Crippen LogP contribution >= 0.6 is 12.4 Å². The van der Waals surface area contributed by atoms with Gasteiger partial charge in [0, 0.05) is 25.2 Å². The van der Waals surface area contributed by atoms with Gasteiger partial charge >= 0.3 is 6.09 Å². The first-order chi connectivity index (χ1) is 13.4. The van der Waals surface area contributed by atoms with Gasteiger partial charge < -0.3 is 20.7 Å². The van der Waals surface area contributed by atoms with Crippen molar-refractivity contribution in [1.29, 1.82) is 0 Å². The molecule has 0 aliphatic rings. The molecule has 30 heavy (non-hydrogen) atoms. The number of benzene rings is 1. The molecular weight excluding hydrogens is 416 g/mol. The van der Waals surface area contributed by atoms with Gasteiger partial charge in [-0.2, -0.15) is 0 Å². The Morgan fingerprint density at radius 3 is 2.10 bits per heavy atom. The number of ether oxygens (including phenoxy) is 1. The first-order valence-electron chi connectivity index (χ1n) is 9.81. The molecule has 0 aliphatic carbocycles. The van der Waals surface area contributed by atoms with Crippen LogP contribution in [-0.4, -0.2) is 42.8 Å². The number of nitrogens with one attached hydrogen (secondary N) is 3. The Kier molecular flexibility index (Phi) is 11.9. The summed E-state index contributed by atoms with van der Waals surface area (Å²) in [5, 5.41) is 8.59. The lowest BCUT2D eigenvalue weighted by atomic mass is 10.1. The molecule has 0 aromatic heterocycles. The van der Waals surface area contributed by atoms with Gasteiger partial charge in [-0.1, -0.05) is 13.8 Å². The van der Waals surface area contributed by atoms with E-state index in [0.717, 1.165) is 6.07 Å². The van der Waals surface area contributed by atoms with E-state index in [2.05, 4.69) is 16.0 Å². The Morgan fingerprint density at radius 2 is 1.60 bits per heavy atom. The molecule has 0 unspecified atom stereocenters. The molecular formula is C21H34ClF2N3O3. The summed E-state index contributed by atoms with van der Waals surface area (Å²) in [4.78, 5) is 24.3. The number of alkyl carbamates (subject to hydrolysis) is 1. The van der Waals surface area contributed by atoms with Gasteiger partial charge in [0.05, 0.1) is 6.04 Å². The van der Waals surface area contributed by atoms with E-state index in [0.29, 0.717) is 18.0 Å². The van der Waals surface area contributed by atoms with Crippen molar-refractivity contribution in [3.8, 4) is 0 Å².